The number of pyridine rings is 1. The smallest absolute Gasteiger partial charge is 0.141 e. The Kier molecular flexibility index (Phi) is 4.41. The number of nitrogens with zero attached hydrogens (tertiary/aromatic N) is 2. The van der Waals surface area contributed by atoms with Crippen LogP contribution in [0, 0.1) is 11.2 Å². The van der Waals surface area contributed by atoms with Crippen molar-refractivity contribution in [2.75, 3.05) is 26.7 Å². The van der Waals surface area contributed by atoms with E-state index in [9.17, 15) is 4.39 Å². The first kappa shape index (κ1) is 17.0. The molecule has 1 aromatic carbocycles. The topological polar surface area (TPSA) is 41.1 Å². The van der Waals surface area contributed by atoms with Crippen molar-refractivity contribution in [3.63, 3.8) is 0 Å². The van der Waals surface area contributed by atoms with Gasteiger partial charge in [-0.15, -0.1) is 0 Å². The summed E-state index contributed by atoms with van der Waals surface area (Å²) in [4.78, 5) is 9.87. The van der Waals surface area contributed by atoms with Crippen LogP contribution in [0.4, 0.5) is 4.39 Å². The van der Waals surface area contributed by atoms with E-state index in [2.05, 4.69) is 28.8 Å². The average molecular weight is 353 g/mol. The maximum atomic E-state index is 14.3. The molecule has 0 aliphatic carbocycles. The zero-order chi connectivity index (χ0) is 18.1. The molecule has 5 heteroatoms. The van der Waals surface area contributed by atoms with Crippen LogP contribution in [0.1, 0.15) is 19.8 Å². The predicted molar refractivity (Wildman–Crippen MR) is 102 cm³/mol. The Hall–Kier alpha value is -2.40. The second-order valence-corrected chi connectivity index (χ2v) is 7.62. The second kappa shape index (κ2) is 6.72. The number of aromatic amines is 1. The first-order valence-electron chi connectivity index (χ1n) is 9.08. The van der Waals surface area contributed by atoms with Crippen molar-refractivity contribution >= 4 is 11.0 Å². The Labute approximate surface area is 153 Å². The number of nitrogens with one attached hydrogen (secondary N) is 1. The van der Waals surface area contributed by atoms with Crippen LogP contribution >= 0.6 is 0 Å². The number of piperidine rings is 1. The standard InChI is InChI=1S/C21H24FN3O/c1-21(8-11-25(2)12-9-21)14-26-18-7-10-23-20-19(18)16(13-24-20)15-5-3-4-6-17(15)22/h3-7,10,13H,8-9,11-12,14H2,1-2H3,(H,23,24). The maximum Gasteiger partial charge on any atom is 0.141 e. The lowest BCUT2D eigenvalue weighted by Gasteiger charge is -2.37. The van der Waals surface area contributed by atoms with Gasteiger partial charge in [0.1, 0.15) is 17.2 Å². The van der Waals surface area contributed by atoms with E-state index in [1.807, 2.05) is 12.1 Å². The van der Waals surface area contributed by atoms with Crippen molar-refractivity contribution in [3.05, 3.63) is 48.5 Å². The molecule has 3 aromatic rings. The van der Waals surface area contributed by atoms with Gasteiger partial charge < -0.3 is 14.6 Å². The Morgan fingerprint density at radius 1 is 1.19 bits per heavy atom. The molecule has 1 aliphatic heterocycles. The fourth-order valence-corrected chi connectivity index (χ4v) is 3.59. The molecule has 4 nitrogen and oxygen atoms in total. The molecule has 1 N–H and O–H groups in total. The Morgan fingerprint density at radius 2 is 1.96 bits per heavy atom. The third-order valence-corrected chi connectivity index (χ3v) is 5.47. The molecule has 0 saturated carbocycles. The van der Waals surface area contributed by atoms with Gasteiger partial charge in [0.15, 0.2) is 0 Å². The molecule has 0 bridgehead atoms. The minimum absolute atomic E-state index is 0.163. The van der Waals surface area contributed by atoms with Crippen LogP contribution in [0.5, 0.6) is 5.75 Å². The van der Waals surface area contributed by atoms with Crippen LogP contribution in [-0.4, -0.2) is 41.6 Å². The SMILES string of the molecule is CN1CCC(C)(COc2ccnc3[nH]cc(-c4ccccc4F)c23)CC1. The van der Waals surface area contributed by atoms with Gasteiger partial charge in [-0.2, -0.15) is 0 Å². The van der Waals surface area contributed by atoms with E-state index in [-0.39, 0.29) is 11.2 Å². The van der Waals surface area contributed by atoms with Crippen LogP contribution in [0.2, 0.25) is 0 Å². The van der Waals surface area contributed by atoms with Gasteiger partial charge in [-0.05, 0) is 45.1 Å². The number of aromatic nitrogens is 2. The summed E-state index contributed by atoms with van der Waals surface area (Å²) in [5.41, 5.74) is 2.22. The number of benzene rings is 1. The highest BCUT2D eigenvalue weighted by atomic mass is 19.1. The minimum Gasteiger partial charge on any atom is -0.492 e. The number of likely N-dealkylation sites (tertiary alicyclic amines) is 1. The number of rotatable bonds is 4. The fourth-order valence-electron chi connectivity index (χ4n) is 3.59. The third kappa shape index (κ3) is 3.19. The second-order valence-electron chi connectivity index (χ2n) is 7.62. The predicted octanol–water partition coefficient (Wildman–Crippen LogP) is 4.48. The summed E-state index contributed by atoms with van der Waals surface area (Å²) >= 11 is 0. The van der Waals surface area contributed by atoms with Crippen LogP contribution in [-0.2, 0) is 0 Å². The Morgan fingerprint density at radius 3 is 2.73 bits per heavy atom. The number of fused-ring (bicyclic) bond motifs is 1. The summed E-state index contributed by atoms with van der Waals surface area (Å²) < 4.78 is 20.6. The Balaban J connectivity index is 1.66. The molecular formula is C21H24FN3O. The van der Waals surface area contributed by atoms with E-state index >= 15 is 0 Å². The van der Waals surface area contributed by atoms with Gasteiger partial charge in [-0.1, -0.05) is 25.1 Å². The van der Waals surface area contributed by atoms with Gasteiger partial charge in [-0.25, -0.2) is 9.37 Å². The van der Waals surface area contributed by atoms with Gasteiger partial charge in [0.25, 0.3) is 0 Å². The van der Waals surface area contributed by atoms with Gasteiger partial charge in [0.05, 0.1) is 12.0 Å². The summed E-state index contributed by atoms with van der Waals surface area (Å²) in [6, 6.07) is 8.68. The summed E-state index contributed by atoms with van der Waals surface area (Å²) in [7, 11) is 2.16. The molecular weight excluding hydrogens is 329 g/mol. The summed E-state index contributed by atoms with van der Waals surface area (Å²) in [5, 5.41) is 0.842. The van der Waals surface area contributed by atoms with Gasteiger partial charge in [0.2, 0.25) is 0 Å². The molecule has 2 aromatic heterocycles. The van der Waals surface area contributed by atoms with Gasteiger partial charge in [-0.3, -0.25) is 0 Å². The van der Waals surface area contributed by atoms with E-state index in [0.717, 1.165) is 42.6 Å². The lowest BCUT2D eigenvalue weighted by atomic mass is 9.81. The first-order valence-corrected chi connectivity index (χ1v) is 9.08. The van der Waals surface area contributed by atoms with Crippen molar-refractivity contribution in [1.29, 1.82) is 0 Å². The van der Waals surface area contributed by atoms with Crippen molar-refractivity contribution < 1.29 is 9.13 Å². The average Bonchev–Trinajstić information content (AvgIpc) is 3.08. The molecule has 1 aliphatic rings. The summed E-state index contributed by atoms with van der Waals surface area (Å²) in [6.45, 7) is 5.13. The first-order chi connectivity index (χ1) is 12.6. The zero-order valence-corrected chi connectivity index (χ0v) is 15.3. The van der Waals surface area contributed by atoms with Crippen LogP contribution < -0.4 is 4.74 Å². The highest BCUT2D eigenvalue weighted by Crippen LogP contribution is 2.37. The largest absolute Gasteiger partial charge is 0.492 e. The number of H-pyrrole nitrogens is 1. The highest BCUT2D eigenvalue weighted by molar-refractivity contribution is 5.98. The Bertz CT molecular complexity index is 913. The van der Waals surface area contributed by atoms with Crippen LogP contribution in [0.15, 0.2) is 42.7 Å². The summed E-state index contributed by atoms with van der Waals surface area (Å²) in [5.74, 6) is 0.514. The molecule has 4 rings (SSSR count). The molecule has 3 heterocycles. The van der Waals surface area contributed by atoms with Gasteiger partial charge in [0, 0.05) is 28.9 Å². The maximum absolute atomic E-state index is 14.3. The van der Waals surface area contributed by atoms with Crippen LogP contribution in [0.3, 0.4) is 0 Å². The molecule has 1 saturated heterocycles. The van der Waals surface area contributed by atoms with Crippen molar-refractivity contribution in [2.45, 2.75) is 19.8 Å². The quantitative estimate of drug-likeness (QED) is 0.752. The molecule has 0 spiro atoms. The van der Waals surface area contributed by atoms with E-state index in [1.54, 1.807) is 24.5 Å². The van der Waals surface area contributed by atoms with E-state index in [0.29, 0.717) is 17.8 Å². The monoisotopic (exact) mass is 353 g/mol. The van der Waals surface area contributed by atoms with E-state index < -0.39 is 0 Å². The van der Waals surface area contributed by atoms with Crippen molar-refractivity contribution in [1.82, 2.24) is 14.9 Å². The van der Waals surface area contributed by atoms with Crippen LogP contribution in [0.25, 0.3) is 22.2 Å². The van der Waals surface area contributed by atoms with Gasteiger partial charge >= 0.3 is 0 Å². The normalized spacial score (nSPS) is 17.5. The summed E-state index contributed by atoms with van der Waals surface area (Å²) in [6.07, 6.45) is 5.77. The van der Waals surface area contributed by atoms with E-state index in [4.69, 9.17) is 4.74 Å². The number of halogens is 1. The minimum atomic E-state index is -0.245. The molecule has 1 fully saturated rings. The fraction of sp³-hybridized carbons (Fsp3) is 0.381. The molecule has 136 valence electrons. The third-order valence-electron chi connectivity index (χ3n) is 5.47. The van der Waals surface area contributed by atoms with Crippen molar-refractivity contribution in [2.24, 2.45) is 5.41 Å². The molecule has 0 amide bonds. The lowest BCUT2D eigenvalue weighted by Crippen LogP contribution is -2.39. The number of ether oxygens (including phenoxy) is 1. The number of hydrogen-bond acceptors (Lipinski definition) is 3. The zero-order valence-electron chi connectivity index (χ0n) is 15.3. The highest BCUT2D eigenvalue weighted by Gasteiger charge is 2.30. The van der Waals surface area contributed by atoms with Crippen molar-refractivity contribution in [3.8, 4) is 16.9 Å². The molecule has 26 heavy (non-hydrogen) atoms. The van der Waals surface area contributed by atoms with E-state index in [1.165, 1.54) is 6.07 Å². The number of hydrogen-bond donors (Lipinski definition) is 1. The molecule has 0 atom stereocenters. The molecule has 0 unspecified atom stereocenters. The molecule has 0 radical (unpaired) electrons. The lowest BCUT2D eigenvalue weighted by molar-refractivity contribution is 0.0810.